The maximum atomic E-state index is 12.5. The summed E-state index contributed by atoms with van der Waals surface area (Å²) in [7, 11) is 0. The van der Waals surface area contributed by atoms with Crippen molar-refractivity contribution in [2.45, 2.75) is 20.4 Å². The van der Waals surface area contributed by atoms with E-state index < -0.39 is 5.91 Å². The van der Waals surface area contributed by atoms with E-state index in [2.05, 4.69) is 21.5 Å². The molecule has 0 radical (unpaired) electrons. The molecule has 2 aromatic heterocycles. The van der Waals surface area contributed by atoms with E-state index in [1.54, 1.807) is 35.6 Å². The van der Waals surface area contributed by atoms with Crippen LogP contribution in [0.2, 0.25) is 5.02 Å². The Labute approximate surface area is 160 Å². The number of hydrogen-bond acceptors (Lipinski definition) is 3. The predicted octanol–water partition coefficient (Wildman–Crippen LogP) is 3.94. The minimum Gasteiger partial charge on any atom is -0.343 e. The van der Waals surface area contributed by atoms with Gasteiger partial charge in [-0.05, 0) is 43.5 Å². The summed E-state index contributed by atoms with van der Waals surface area (Å²) in [5.41, 5.74) is 7.53. The van der Waals surface area contributed by atoms with Crippen LogP contribution in [0.4, 0.5) is 0 Å². The van der Waals surface area contributed by atoms with E-state index >= 15 is 0 Å². The average molecular weight is 388 g/mol. The number of nitrogens with zero attached hydrogens (tertiary/aromatic N) is 1. The van der Waals surface area contributed by atoms with Gasteiger partial charge in [-0.3, -0.25) is 20.4 Å². The number of thiophene rings is 1. The zero-order valence-electron chi connectivity index (χ0n) is 14.4. The van der Waals surface area contributed by atoms with Gasteiger partial charge in [0.2, 0.25) is 0 Å². The zero-order valence-corrected chi connectivity index (χ0v) is 15.9. The molecule has 0 atom stereocenters. The quantitative estimate of drug-likeness (QED) is 0.666. The molecule has 1 aromatic carbocycles. The second kappa shape index (κ2) is 7.76. The Bertz CT molecular complexity index is 948. The van der Waals surface area contributed by atoms with Gasteiger partial charge in [0.05, 0.1) is 22.7 Å². The van der Waals surface area contributed by atoms with Gasteiger partial charge in [-0.2, -0.15) is 0 Å². The molecule has 2 amide bonds. The molecule has 0 aliphatic heterocycles. The molecule has 26 heavy (non-hydrogen) atoms. The smallest absolute Gasteiger partial charge is 0.271 e. The minimum absolute atomic E-state index is 0.303. The van der Waals surface area contributed by atoms with Gasteiger partial charge in [-0.25, -0.2) is 0 Å². The third kappa shape index (κ3) is 3.81. The molecular formula is C19H18ClN3O2S. The number of halogens is 1. The molecule has 7 heteroatoms. The Balaban J connectivity index is 1.70. The number of aryl methyl sites for hydroxylation is 1. The molecule has 3 aromatic rings. The van der Waals surface area contributed by atoms with Crippen LogP contribution in [-0.4, -0.2) is 16.4 Å². The van der Waals surface area contributed by atoms with E-state index in [0.29, 0.717) is 22.7 Å². The number of hydrazine groups is 1. The van der Waals surface area contributed by atoms with E-state index in [1.165, 1.54) is 4.88 Å². The number of carbonyl (C=O) groups excluding carboxylic acids is 2. The van der Waals surface area contributed by atoms with Gasteiger partial charge in [0, 0.05) is 16.3 Å². The number of benzene rings is 1. The van der Waals surface area contributed by atoms with Crippen LogP contribution in [0.1, 0.15) is 37.0 Å². The van der Waals surface area contributed by atoms with Gasteiger partial charge in [0.25, 0.3) is 11.8 Å². The summed E-state index contributed by atoms with van der Waals surface area (Å²) in [5, 5.41) is 2.36. The van der Waals surface area contributed by atoms with Crippen molar-refractivity contribution in [1.29, 1.82) is 0 Å². The van der Waals surface area contributed by atoms with Gasteiger partial charge in [-0.15, -0.1) is 11.3 Å². The van der Waals surface area contributed by atoms with Crippen molar-refractivity contribution in [2.24, 2.45) is 0 Å². The molecule has 0 aliphatic carbocycles. The fourth-order valence-corrected chi connectivity index (χ4v) is 3.64. The highest BCUT2D eigenvalue weighted by atomic mass is 35.5. The molecule has 0 spiro atoms. The maximum Gasteiger partial charge on any atom is 0.271 e. The van der Waals surface area contributed by atoms with Crippen LogP contribution < -0.4 is 10.9 Å². The lowest BCUT2D eigenvalue weighted by molar-refractivity contribution is 0.0846. The van der Waals surface area contributed by atoms with Crippen LogP contribution in [0.15, 0.2) is 47.8 Å². The number of nitrogens with one attached hydrogen (secondary N) is 2. The Morgan fingerprint density at radius 1 is 1.04 bits per heavy atom. The molecule has 2 heterocycles. The lowest BCUT2D eigenvalue weighted by Gasteiger charge is -2.10. The highest BCUT2D eigenvalue weighted by Crippen LogP contribution is 2.19. The Kier molecular flexibility index (Phi) is 5.44. The molecule has 0 bridgehead atoms. The van der Waals surface area contributed by atoms with E-state index in [9.17, 15) is 9.59 Å². The summed E-state index contributed by atoms with van der Waals surface area (Å²) in [6, 6.07) is 12.5. The minimum atomic E-state index is -0.462. The first kappa shape index (κ1) is 18.2. The van der Waals surface area contributed by atoms with Gasteiger partial charge < -0.3 is 4.57 Å². The summed E-state index contributed by atoms with van der Waals surface area (Å²) in [4.78, 5) is 25.9. The van der Waals surface area contributed by atoms with Crippen LogP contribution in [0.3, 0.4) is 0 Å². The molecule has 0 saturated heterocycles. The summed E-state index contributed by atoms with van der Waals surface area (Å²) in [5.74, 6) is -0.827. The molecular weight excluding hydrogens is 370 g/mol. The first-order valence-electron chi connectivity index (χ1n) is 8.01. The molecule has 134 valence electrons. The number of aromatic nitrogens is 1. The highest BCUT2D eigenvalue weighted by molar-refractivity contribution is 7.09. The lowest BCUT2D eigenvalue weighted by atomic mass is 10.2. The van der Waals surface area contributed by atoms with Gasteiger partial charge in [-0.1, -0.05) is 29.8 Å². The molecule has 0 unspecified atom stereocenters. The normalized spacial score (nSPS) is 10.6. The SMILES string of the molecule is Cc1cc(C(=O)NNC(=O)c2ccccc2Cl)c(C)n1Cc1cccs1. The van der Waals surface area contributed by atoms with Gasteiger partial charge >= 0.3 is 0 Å². The first-order valence-corrected chi connectivity index (χ1v) is 9.27. The molecule has 2 N–H and O–H groups in total. The lowest BCUT2D eigenvalue weighted by Crippen LogP contribution is -2.41. The van der Waals surface area contributed by atoms with Crippen LogP contribution in [0.5, 0.6) is 0 Å². The molecule has 0 aliphatic rings. The maximum absolute atomic E-state index is 12.5. The van der Waals surface area contributed by atoms with Crippen LogP contribution in [0.25, 0.3) is 0 Å². The molecule has 0 fully saturated rings. The standard InChI is InChI=1S/C19H18ClN3O2S/c1-12-10-16(13(2)23(12)11-14-6-5-9-26-14)19(25)22-21-18(24)15-7-3-4-8-17(15)20/h3-10H,11H2,1-2H3,(H,21,24)(H,22,25). The molecule has 3 rings (SSSR count). The van der Waals surface area contributed by atoms with Crippen molar-refractivity contribution in [1.82, 2.24) is 15.4 Å². The van der Waals surface area contributed by atoms with Crippen LogP contribution in [-0.2, 0) is 6.54 Å². The fraction of sp³-hybridized carbons (Fsp3) is 0.158. The third-order valence-electron chi connectivity index (χ3n) is 4.12. The van der Waals surface area contributed by atoms with E-state index in [0.717, 1.165) is 11.4 Å². The molecule has 0 saturated carbocycles. The highest BCUT2D eigenvalue weighted by Gasteiger charge is 2.17. The van der Waals surface area contributed by atoms with Crippen molar-refractivity contribution < 1.29 is 9.59 Å². The van der Waals surface area contributed by atoms with Crippen molar-refractivity contribution in [3.63, 3.8) is 0 Å². The zero-order chi connectivity index (χ0) is 18.7. The van der Waals surface area contributed by atoms with Crippen molar-refractivity contribution in [3.8, 4) is 0 Å². The van der Waals surface area contributed by atoms with E-state index in [-0.39, 0.29) is 5.91 Å². The second-order valence-corrected chi connectivity index (χ2v) is 7.28. The van der Waals surface area contributed by atoms with Crippen LogP contribution in [0, 0.1) is 13.8 Å². The summed E-state index contributed by atoms with van der Waals surface area (Å²) in [6.45, 7) is 4.57. The van der Waals surface area contributed by atoms with Crippen molar-refractivity contribution in [2.75, 3.05) is 0 Å². The monoisotopic (exact) mass is 387 g/mol. The largest absolute Gasteiger partial charge is 0.343 e. The van der Waals surface area contributed by atoms with Crippen molar-refractivity contribution >= 4 is 34.8 Å². The van der Waals surface area contributed by atoms with Gasteiger partial charge in [0.1, 0.15) is 0 Å². The topological polar surface area (TPSA) is 63.1 Å². The first-order chi connectivity index (χ1) is 12.5. The Hall–Kier alpha value is -2.57. The number of carbonyl (C=O) groups is 2. The Morgan fingerprint density at radius 2 is 1.73 bits per heavy atom. The van der Waals surface area contributed by atoms with Crippen LogP contribution >= 0.6 is 22.9 Å². The number of rotatable bonds is 4. The fourth-order valence-electron chi connectivity index (χ4n) is 2.73. The Morgan fingerprint density at radius 3 is 2.38 bits per heavy atom. The predicted molar refractivity (Wildman–Crippen MR) is 104 cm³/mol. The number of amides is 2. The van der Waals surface area contributed by atoms with Crippen molar-refractivity contribution in [3.05, 3.63) is 80.3 Å². The summed E-state index contributed by atoms with van der Waals surface area (Å²) < 4.78 is 2.08. The third-order valence-corrected chi connectivity index (χ3v) is 5.31. The molecule has 5 nitrogen and oxygen atoms in total. The second-order valence-electron chi connectivity index (χ2n) is 5.84. The summed E-state index contributed by atoms with van der Waals surface area (Å²) >= 11 is 7.67. The average Bonchev–Trinajstić information content (AvgIpc) is 3.23. The van der Waals surface area contributed by atoms with E-state index in [1.807, 2.05) is 31.4 Å². The number of hydrogen-bond donors (Lipinski definition) is 2. The van der Waals surface area contributed by atoms with E-state index in [4.69, 9.17) is 11.6 Å². The summed E-state index contributed by atoms with van der Waals surface area (Å²) in [6.07, 6.45) is 0. The van der Waals surface area contributed by atoms with Gasteiger partial charge in [0.15, 0.2) is 0 Å².